The highest BCUT2D eigenvalue weighted by Crippen LogP contribution is 2.26. The molecule has 0 bridgehead atoms. The first kappa shape index (κ1) is 15.0. The lowest BCUT2D eigenvalue weighted by atomic mass is 10.1. The van der Waals surface area contributed by atoms with Crippen LogP contribution in [0.15, 0.2) is 32.3 Å². The average Bonchev–Trinajstić information content (AvgIpc) is 2.37. The van der Waals surface area contributed by atoms with Crippen LogP contribution in [-0.4, -0.2) is 13.1 Å². The molecule has 0 saturated heterocycles. The predicted octanol–water partition coefficient (Wildman–Crippen LogP) is 4.07. The van der Waals surface area contributed by atoms with Crippen molar-refractivity contribution in [1.82, 2.24) is 5.32 Å². The molecule has 7 heteroatoms. The SMILES string of the molecule is N#CC(NCCCN=[N+]=[N-])c1ccc(Br)c(Br)c1. The zero-order chi connectivity index (χ0) is 13.4. The van der Waals surface area contributed by atoms with E-state index >= 15 is 0 Å². The van der Waals surface area contributed by atoms with Crippen LogP contribution in [-0.2, 0) is 0 Å². The fourth-order valence-corrected chi connectivity index (χ4v) is 2.01. The first-order chi connectivity index (χ1) is 8.69. The van der Waals surface area contributed by atoms with Crippen molar-refractivity contribution in [3.63, 3.8) is 0 Å². The van der Waals surface area contributed by atoms with Gasteiger partial charge in [-0.15, -0.1) is 0 Å². The topological polar surface area (TPSA) is 84.6 Å². The molecule has 0 aromatic heterocycles. The summed E-state index contributed by atoms with van der Waals surface area (Å²) in [4.78, 5) is 2.67. The van der Waals surface area contributed by atoms with Crippen molar-refractivity contribution >= 4 is 31.9 Å². The molecule has 5 nitrogen and oxygen atoms in total. The van der Waals surface area contributed by atoms with Gasteiger partial charge < -0.3 is 0 Å². The van der Waals surface area contributed by atoms with Crippen molar-refractivity contribution in [2.45, 2.75) is 12.5 Å². The molecule has 0 saturated carbocycles. The second kappa shape index (κ2) is 8.11. The second-order valence-electron chi connectivity index (χ2n) is 3.50. The van der Waals surface area contributed by atoms with E-state index in [1.165, 1.54) is 0 Å². The van der Waals surface area contributed by atoms with Gasteiger partial charge >= 0.3 is 0 Å². The standard InChI is InChI=1S/C11H11Br2N5/c12-9-3-2-8(6-10(9)13)11(7-14)16-4-1-5-17-18-15/h2-3,6,11,16H,1,4-5H2. The molecular weight excluding hydrogens is 362 g/mol. The molecule has 0 aliphatic heterocycles. The third kappa shape index (κ3) is 4.67. The van der Waals surface area contributed by atoms with Crippen molar-refractivity contribution < 1.29 is 0 Å². The van der Waals surface area contributed by atoms with Crippen LogP contribution in [0.5, 0.6) is 0 Å². The largest absolute Gasteiger partial charge is 0.298 e. The summed E-state index contributed by atoms with van der Waals surface area (Å²) in [5.74, 6) is 0. The number of benzene rings is 1. The minimum absolute atomic E-state index is 0.361. The van der Waals surface area contributed by atoms with Gasteiger partial charge in [0, 0.05) is 20.4 Å². The summed E-state index contributed by atoms with van der Waals surface area (Å²) >= 11 is 6.79. The van der Waals surface area contributed by atoms with Gasteiger partial charge in [0.1, 0.15) is 6.04 Å². The number of nitrogens with one attached hydrogen (secondary N) is 1. The van der Waals surface area contributed by atoms with Crippen LogP contribution in [0.25, 0.3) is 10.4 Å². The quantitative estimate of drug-likeness (QED) is 0.353. The van der Waals surface area contributed by atoms with E-state index in [1.807, 2.05) is 18.2 Å². The van der Waals surface area contributed by atoms with Gasteiger partial charge in [-0.1, -0.05) is 11.2 Å². The molecule has 0 fully saturated rings. The number of azide groups is 1. The first-order valence-corrected chi connectivity index (χ1v) is 6.86. The monoisotopic (exact) mass is 371 g/mol. The van der Waals surface area contributed by atoms with Gasteiger partial charge in [-0.3, -0.25) is 5.32 Å². The molecular formula is C11H11Br2N5. The maximum Gasteiger partial charge on any atom is 0.121 e. The zero-order valence-electron chi connectivity index (χ0n) is 9.48. The van der Waals surface area contributed by atoms with E-state index in [1.54, 1.807) is 0 Å². The lowest BCUT2D eigenvalue weighted by Crippen LogP contribution is -2.21. The van der Waals surface area contributed by atoms with Crippen molar-refractivity contribution in [3.05, 3.63) is 43.2 Å². The summed E-state index contributed by atoms with van der Waals surface area (Å²) in [5.41, 5.74) is 9.03. The minimum atomic E-state index is -0.361. The molecule has 0 aliphatic rings. The maximum atomic E-state index is 9.12. The Labute approximate surface area is 122 Å². The number of nitrogens with zero attached hydrogens (tertiary/aromatic N) is 4. The summed E-state index contributed by atoms with van der Waals surface area (Å²) in [6, 6.07) is 7.53. The third-order valence-corrected chi connectivity index (χ3v) is 4.13. The number of hydrogen-bond acceptors (Lipinski definition) is 3. The molecule has 0 spiro atoms. The Balaban J connectivity index is 2.58. The summed E-state index contributed by atoms with van der Waals surface area (Å²) in [6.45, 7) is 1.07. The van der Waals surface area contributed by atoms with Crippen molar-refractivity contribution in [2.24, 2.45) is 5.11 Å². The second-order valence-corrected chi connectivity index (χ2v) is 5.21. The molecule has 0 heterocycles. The fourth-order valence-electron chi connectivity index (χ4n) is 1.37. The smallest absolute Gasteiger partial charge is 0.121 e. The number of rotatable bonds is 6. The van der Waals surface area contributed by atoms with Gasteiger partial charge in [-0.25, -0.2) is 0 Å². The van der Waals surface area contributed by atoms with Gasteiger partial charge in [0.25, 0.3) is 0 Å². The van der Waals surface area contributed by atoms with E-state index in [2.05, 4.69) is 53.3 Å². The van der Waals surface area contributed by atoms with E-state index in [9.17, 15) is 0 Å². The van der Waals surface area contributed by atoms with E-state index in [0.717, 1.165) is 14.5 Å². The average molecular weight is 373 g/mol. The minimum Gasteiger partial charge on any atom is -0.298 e. The zero-order valence-corrected chi connectivity index (χ0v) is 12.6. The van der Waals surface area contributed by atoms with Gasteiger partial charge in [-0.2, -0.15) is 5.26 Å². The van der Waals surface area contributed by atoms with E-state index < -0.39 is 0 Å². The van der Waals surface area contributed by atoms with E-state index in [-0.39, 0.29) is 6.04 Å². The van der Waals surface area contributed by atoms with Crippen molar-refractivity contribution in [3.8, 4) is 6.07 Å². The molecule has 18 heavy (non-hydrogen) atoms. The van der Waals surface area contributed by atoms with E-state index in [0.29, 0.717) is 19.5 Å². The molecule has 0 aliphatic carbocycles. The molecule has 1 atom stereocenters. The fraction of sp³-hybridized carbons (Fsp3) is 0.364. The predicted molar refractivity (Wildman–Crippen MR) is 76.8 cm³/mol. The summed E-state index contributed by atoms with van der Waals surface area (Å²) in [7, 11) is 0. The Hall–Kier alpha value is -1.06. The Bertz CT molecular complexity index is 491. The van der Waals surface area contributed by atoms with Gasteiger partial charge in [0.2, 0.25) is 0 Å². The number of nitriles is 1. The highest BCUT2D eigenvalue weighted by atomic mass is 79.9. The number of halogens is 2. The normalized spacial score (nSPS) is 11.4. The Morgan fingerprint density at radius 1 is 1.44 bits per heavy atom. The Kier molecular flexibility index (Phi) is 6.76. The molecule has 0 amide bonds. The van der Waals surface area contributed by atoms with Gasteiger partial charge in [0.05, 0.1) is 6.07 Å². The van der Waals surface area contributed by atoms with Crippen LogP contribution in [0.4, 0.5) is 0 Å². The van der Waals surface area contributed by atoms with Crippen LogP contribution in [0.1, 0.15) is 18.0 Å². The third-order valence-electron chi connectivity index (χ3n) is 2.25. The molecule has 94 valence electrons. The molecule has 1 unspecified atom stereocenters. The van der Waals surface area contributed by atoms with E-state index in [4.69, 9.17) is 10.8 Å². The van der Waals surface area contributed by atoms with Crippen LogP contribution in [0.2, 0.25) is 0 Å². The highest BCUT2D eigenvalue weighted by Gasteiger charge is 2.10. The van der Waals surface area contributed by atoms with Crippen molar-refractivity contribution in [2.75, 3.05) is 13.1 Å². The van der Waals surface area contributed by atoms with Crippen LogP contribution < -0.4 is 5.32 Å². The summed E-state index contributed by atoms with van der Waals surface area (Å²) in [5, 5.41) is 15.7. The molecule has 0 radical (unpaired) electrons. The summed E-state index contributed by atoms with van der Waals surface area (Å²) in [6.07, 6.45) is 0.708. The lowest BCUT2D eigenvalue weighted by molar-refractivity contribution is 0.607. The Morgan fingerprint density at radius 3 is 2.83 bits per heavy atom. The Morgan fingerprint density at radius 2 is 2.22 bits per heavy atom. The van der Waals surface area contributed by atoms with Crippen LogP contribution in [0.3, 0.4) is 0 Å². The molecule has 1 rings (SSSR count). The lowest BCUT2D eigenvalue weighted by Gasteiger charge is -2.12. The maximum absolute atomic E-state index is 9.12. The van der Waals surface area contributed by atoms with Crippen LogP contribution in [0, 0.1) is 11.3 Å². The van der Waals surface area contributed by atoms with Gasteiger partial charge in [-0.05, 0) is 68.1 Å². The number of hydrogen-bond donors (Lipinski definition) is 1. The molecule has 1 aromatic carbocycles. The highest BCUT2D eigenvalue weighted by molar-refractivity contribution is 9.13. The molecule has 1 N–H and O–H groups in total. The van der Waals surface area contributed by atoms with Crippen LogP contribution >= 0.6 is 31.9 Å². The van der Waals surface area contributed by atoms with Crippen molar-refractivity contribution in [1.29, 1.82) is 5.26 Å². The van der Waals surface area contributed by atoms with Gasteiger partial charge in [0.15, 0.2) is 0 Å². The molecule has 1 aromatic rings. The first-order valence-electron chi connectivity index (χ1n) is 5.28. The summed E-state index contributed by atoms with van der Waals surface area (Å²) < 4.78 is 1.86.